The van der Waals surface area contributed by atoms with Crippen molar-refractivity contribution in [3.05, 3.63) is 58.3 Å². The Morgan fingerprint density at radius 3 is 2.44 bits per heavy atom. The molecule has 0 saturated carbocycles. The van der Waals surface area contributed by atoms with Gasteiger partial charge in [0.15, 0.2) is 0 Å². The smallest absolute Gasteiger partial charge is 0.265 e. The van der Waals surface area contributed by atoms with Gasteiger partial charge >= 0.3 is 0 Å². The van der Waals surface area contributed by atoms with Crippen molar-refractivity contribution in [3.63, 3.8) is 0 Å². The van der Waals surface area contributed by atoms with Gasteiger partial charge in [0.1, 0.15) is 0 Å². The maximum Gasteiger partial charge on any atom is 0.265 e. The number of carbonyl (C=O) groups excluding carboxylic acids is 2. The Hall–Kier alpha value is -2.49. The highest BCUT2D eigenvalue weighted by molar-refractivity contribution is 7.89. The number of hydrogen-bond acceptors (Lipinski definition) is 5. The summed E-state index contributed by atoms with van der Waals surface area (Å²) in [4.78, 5) is 26.7. The van der Waals surface area contributed by atoms with Crippen molar-refractivity contribution in [2.75, 3.05) is 5.32 Å². The third kappa shape index (κ3) is 4.32. The van der Waals surface area contributed by atoms with Crippen LogP contribution < -0.4 is 10.6 Å². The summed E-state index contributed by atoms with van der Waals surface area (Å²) in [6.45, 7) is 10.9. The van der Waals surface area contributed by atoms with Crippen molar-refractivity contribution in [2.24, 2.45) is 0 Å². The monoisotopic (exact) mass is 501 g/mol. The molecule has 9 heteroatoms. The predicted octanol–water partition coefficient (Wildman–Crippen LogP) is 4.11. The second-order valence-electron chi connectivity index (χ2n) is 10.1. The van der Waals surface area contributed by atoms with Crippen molar-refractivity contribution in [3.8, 4) is 0 Å². The number of rotatable bonds is 6. The molecule has 0 spiro atoms. The Bertz CT molecular complexity index is 1220. The van der Waals surface area contributed by atoms with E-state index in [4.69, 9.17) is 0 Å². The molecule has 34 heavy (non-hydrogen) atoms. The van der Waals surface area contributed by atoms with Crippen molar-refractivity contribution < 1.29 is 18.0 Å². The van der Waals surface area contributed by atoms with Crippen LogP contribution in [0.4, 0.5) is 5.69 Å². The first-order chi connectivity index (χ1) is 15.9. The summed E-state index contributed by atoms with van der Waals surface area (Å²) in [7, 11) is -3.88. The number of nitrogens with one attached hydrogen (secondary N) is 2. The van der Waals surface area contributed by atoms with Gasteiger partial charge in [0, 0.05) is 22.1 Å². The molecule has 2 amide bonds. The average Bonchev–Trinajstić information content (AvgIpc) is 3.39. The standard InChI is InChI=1S/C25H31N3O4S2/c1-6-22(29)27-21-15-24(2,3)28(25(21,4)5)34(31,32)18-12-10-17(11-13-18)26-23(30)20-14-16-8-7-9-19(16)33-20/h6,10-14,21H,1,7-9,15H2,2-5H3,(H,26,30)(H,27,29). The van der Waals surface area contributed by atoms with Gasteiger partial charge in [-0.05, 0) is 95.3 Å². The lowest BCUT2D eigenvalue weighted by molar-refractivity contribution is -0.117. The number of hydrogen-bond donors (Lipinski definition) is 2. The summed E-state index contributed by atoms with van der Waals surface area (Å²) >= 11 is 1.53. The largest absolute Gasteiger partial charge is 0.348 e. The number of carbonyl (C=O) groups is 2. The minimum absolute atomic E-state index is 0.137. The number of anilines is 1. The van der Waals surface area contributed by atoms with Crippen LogP contribution in [0.1, 0.15) is 60.6 Å². The van der Waals surface area contributed by atoms with Gasteiger partial charge in [0.2, 0.25) is 15.9 Å². The number of nitrogens with zero attached hydrogens (tertiary/aromatic N) is 1. The molecule has 2 heterocycles. The maximum atomic E-state index is 13.7. The summed E-state index contributed by atoms with van der Waals surface area (Å²) in [6.07, 6.45) is 4.86. The summed E-state index contributed by atoms with van der Waals surface area (Å²) in [5.74, 6) is -0.512. The van der Waals surface area contributed by atoms with Crippen molar-refractivity contribution in [2.45, 2.75) is 75.4 Å². The Balaban J connectivity index is 1.54. The van der Waals surface area contributed by atoms with Crippen molar-refractivity contribution in [1.29, 1.82) is 0 Å². The molecule has 1 unspecified atom stereocenters. The molecule has 1 aliphatic carbocycles. The normalized spacial score (nSPS) is 21.1. The van der Waals surface area contributed by atoms with Gasteiger partial charge in [-0.25, -0.2) is 8.42 Å². The number of aryl methyl sites for hydroxylation is 2. The van der Waals surface area contributed by atoms with Crippen molar-refractivity contribution in [1.82, 2.24) is 9.62 Å². The topological polar surface area (TPSA) is 95.6 Å². The number of thiophene rings is 1. The molecule has 1 fully saturated rings. The molecule has 2 aliphatic rings. The number of amides is 2. The third-order valence-electron chi connectivity index (χ3n) is 6.75. The number of fused-ring (bicyclic) bond motifs is 1. The molecule has 2 N–H and O–H groups in total. The van der Waals surface area contributed by atoms with E-state index in [-0.39, 0.29) is 22.8 Å². The van der Waals surface area contributed by atoms with E-state index in [1.807, 2.05) is 33.8 Å². The molecule has 1 aromatic carbocycles. The van der Waals surface area contributed by atoms with E-state index in [0.717, 1.165) is 19.3 Å². The molecule has 2 aromatic rings. The van der Waals surface area contributed by atoms with Gasteiger partial charge in [0.05, 0.1) is 15.3 Å². The van der Waals surface area contributed by atoms with Crippen LogP contribution in [0.3, 0.4) is 0 Å². The SMILES string of the molecule is C=CC(=O)NC1CC(C)(C)N(S(=O)(=O)c2ccc(NC(=O)c3cc4c(s3)CCC4)cc2)C1(C)C. The van der Waals surface area contributed by atoms with Gasteiger partial charge < -0.3 is 10.6 Å². The van der Waals surface area contributed by atoms with Crippen LogP contribution in [0.5, 0.6) is 0 Å². The van der Waals surface area contributed by atoms with Gasteiger partial charge in [-0.3, -0.25) is 9.59 Å². The van der Waals surface area contributed by atoms with E-state index in [9.17, 15) is 18.0 Å². The fourth-order valence-electron chi connectivity index (χ4n) is 5.30. The van der Waals surface area contributed by atoms with Crippen LogP contribution in [0.15, 0.2) is 47.9 Å². The Labute approximate surface area is 205 Å². The van der Waals surface area contributed by atoms with Gasteiger partial charge in [0.25, 0.3) is 5.91 Å². The van der Waals surface area contributed by atoms with Crippen molar-refractivity contribution >= 4 is 38.9 Å². The zero-order valence-electron chi connectivity index (χ0n) is 20.0. The average molecular weight is 502 g/mol. The van der Waals surface area contributed by atoms with Crippen LogP contribution in [0.2, 0.25) is 0 Å². The summed E-state index contributed by atoms with van der Waals surface area (Å²) in [6, 6.07) is 7.84. The molecular formula is C25H31N3O4S2. The fraction of sp³-hybridized carbons (Fsp3) is 0.440. The first-order valence-electron chi connectivity index (χ1n) is 11.4. The van der Waals surface area contributed by atoms with Gasteiger partial charge in [-0.1, -0.05) is 6.58 Å². The first-order valence-corrected chi connectivity index (χ1v) is 13.6. The molecule has 182 valence electrons. The second-order valence-corrected chi connectivity index (χ2v) is 13.0. The lowest BCUT2D eigenvalue weighted by Gasteiger charge is -2.40. The van der Waals surface area contributed by atoms with Gasteiger partial charge in [-0.15, -0.1) is 11.3 Å². The van der Waals surface area contributed by atoms with Crippen LogP contribution in [-0.4, -0.2) is 41.7 Å². The summed E-state index contributed by atoms with van der Waals surface area (Å²) in [5, 5.41) is 5.75. The number of sulfonamides is 1. The molecule has 1 saturated heterocycles. The molecule has 0 radical (unpaired) electrons. The Kier molecular flexibility index (Phi) is 6.25. The Morgan fingerprint density at radius 1 is 1.15 bits per heavy atom. The molecule has 1 atom stereocenters. The van der Waals surface area contributed by atoms with Gasteiger partial charge in [-0.2, -0.15) is 4.31 Å². The molecule has 4 rings (SSSR count). The first kappa shape index (κ1) is 24.6. The molecule has 0 bridgehead atoms. The minimum Gasteiger partial charge on any atom is -0.348 e. The van der Waals surface area contributed by atoms with Crippen LogP contribution >= 0.6 is 11.3 Å². The zero-order valence-corrected chi connectivity index (χ0v) is 21.6. The lowest BCUT2D eigenvalue weighted by atomic mass is 9.94. The second kappa shape index (κ2) is 8.62. The third-order valence-corrected chi connectivity index (χ3v) is 10.3. The minimum atomic E-state index is -3.88. The maximum absolute atomic E-state index is 13.7. The summed E-state index contributed by atoms with van der Waals surface area (Å²) < 4.78 is 28.9. The molecule has 1 aliphatic heterocycles. The predicted molar refractivity (Wildman–Crippen MR) is 135 cm³/mol. The highest BCUT2D eigenvalue weighted by Gasteiger charge is 2.57. The molecule has 7 nitrogen and oxygen atoms in total. The van der Waals surface area contributed by atoms with Crippen LogP contribution in [0, 0.1) is 0 Å². The van der Waals surface area contributed by atoms with E-state index in [1.165, 1.54) is 44.3 Å². The lowest BCUT2D eigenvalue weighted by Crippen LogP contribution is -2.56. The van der Waals surface area contributed by atoms with E-state index < -0.39 is 21.1 Å². The molecule has 1 aromatic heterocycles. The highest BCUT2D eigenvalue weighted by Crippen LogP contribution is 2.45. The van der Waals surface area contributed by atoms with Crippen LogP contribution in [-0.2, 0) is 27.7 Å². The van der Waals surface area contributed by atoms with Crippen LogP contribution in [0.25, 0.3) is 0 Å². The Morgan fingerprint density at radius 2 is 1.82 bits per heavy atom. The van der Waals surface area contributed by atoms with E-state index >= 15 is 0 Å². The van der Waals surface area contributed by atoms with E-state index in [2.05, 4.69) is 17.2 Å². The van der Waals surface area contributed by atoms with E-state index in [0.29, 0.717) is 17.0 Å². The quantitative estimate of drug-likeness (QED) is 0.583. The number of benzene rings is 1. The zero-order chi connectivity index (χ0) is 24.9. The fourth-order valence-corrected chi connectivity index (χ4v) is 8.61. The highest BCUT2D eigenvalue weighted by atomic mass is 32.2. The summed E-state index contributed by atoms with van der Waals surface area (Å²) in [5.41, 5.74) is 0.227. The molecular weight excluding hydrogens is 470 g/mol. The van der Waals surface area contributed by atoms with E-state index in [1.54, 1.807) is 12.1 Å².